The number of nitrogen functional groups attached to an aromatic ring is 1. The van der Waals surface area contributed by atoms with E-state index in [4.69, 9.17) is 5.73 Å². The molecule has 10 nitrogen and oxygen atoms in total. The predicted octanol–water partition coefficient (Wildman–Crippen LogP) is 9.23. The average Bonchev–Trinajstić information content (AvgIpc) is 3.13. The standard InChI is InChI=1S/C15H21N5.C12H15N5.4C2H6/c1-3-10-16-14-18-13(12-8-6-5-7-9-12)19-15(20-14)17-11-4-2;1-2-8-14-12-16-10(15-11(13)17-12)9-6-4-3-5-7-9;4*1-2/h5-9H,3-4,10-11H2,1-2H3,(H2,16,17,18,19,20);3-7H,2,8H2,1H3,(H3,13,14,15,16,17);4*1-2H3. The second-order valence-electron chi connectivity index (χ2n) is 8.16. The van der Waals surface area contributed by atoms with Crippen LogP contribution in [0.4, 0.5) is 23.8 Å². The molecule has 5 N–H and O–H groups in total. The molecule has 0 unspecified atom stereocenters. The van der Waals surface area contributed by atoms with E-state index in [1.807, 2.05) is 116 Å². The molecule has 10 heteroatoms. The van der Waals surface area contributed by atoms with Gasteiger partial charge in [0.2, 0.25) is 23.8 Å². The molecule has 2 aromatic carbocycles. The first-order valence-electron chi connectivity index (χ1n) is 16.7. The van der Waals surface area contributed by atoms with Crippen molar-refractivity contribution in [3.8, 4) is 22.8 Å². The Labute approximate surface area is 273 Å². The lowest BCUT2D eigenvalue weighted by molar-refractivity contribution is 0.919. The van der Waals surface area contributed by atoms with Crippen molar-refractivity contribution in [3.63, 3.8) is 0 Å². The zero-order chi connectivity index (χ0) is 34.3. The summed E-state index contributed by atoms with van der Waals surface area (Å²) in [6.07, 6.45) is 3.07. The van der Waals surface area contributed by atoms with Gasteiger partial charge in [0, 0.05) is 30.8 Å². The molecule has 0 spiro atoms. The van der Waals surface area contributed by atoms with Gasteiger partial charge in [-0.2, -0.15) is 29.9 Å². The Kier molecular flexibility index (Phi) is 28.3. The molecule has 0 radical (unpaired) electrons. The minimum absolute atomic E-state index is 0.234. The Bertz CT molecular complexity index is 1180. The van der Waals surface area contributed by atoms with E-state index >= 15 is 0 Å². The third kappa shape index (κ3) is 18.2. The minimum atomic E-state index is 0.234. The summed E-state index contributed by atoms with van der Waals surface area (Å²) in [4.78, 5) is 25.8. The van der Waals surface area contributed by atoms with E-state index < -0.39 is 0 Å². The largest absolute Gasteiger partial charge is 0.368 e. The monoisotopic (exact) mass is 621 g/mol. The van der Waals surface area contributed by atoms with Gasteiger partial charge in [0.15, 0.2) is 11.6 Å². The molecule has 4 aromatic rings. The summed E-state index contributed by atoms with van der Waals surface area (Å²) in [5.74, 6) is 3.30. The van der Waals surface area contributed by atoms with Crippen LogP contribution in [-0.2, 0) is 0 Å². The molecule has 0 fully saturated rings. The lowest BCUT2D eigenvalue weighted by atomic mass is 10.2. The van der Waals surface area contributed by atoms with Gasteiger partial charge in [-0.1, -0.05) is 137 Å². The Morgan fingerprint density at radius 2 is 0.756 bits per heavy atom. The smallest absolute Gasteiger partial charge is 0.228 e. The van der Waals surface area contributed by atoms with Gasteiger partial charge in [0.05, 0.1) is 0 Å². The van der Waals surface area contributed by atoms with Gasteiger partial charge in [-0.05, 0) is 19.3 Å². The van der Waals surface area contributed by atoms with Crippen LogP contribution in [0.5, 0.6) is 0 Å². The van der Waals surface area contributed by atoms with Crippen LogP contribution >= 0.6 is 0 Å². The van der Waals surface area contributed by atoms with Crippen LogP contribution in [-0.4, -0.2) is 49.5 Å². The number of nitrogens with zero attached hydrogens (tertiary/aromatic N) is 6. The van der Waals surface area contributed by atoms with Crippen molar-refractivity contribution in [3.05, 3.63) is 60.7 Å². The SMILES string of the molecule is CC.CC.CC.CC.CCCNc1nc(N)nc(-c2ccccc2)n1.CCCNc1nc(NCCC)nc(-c2ccccc2)n1. The van der Waals surface area contributed by atoms with Crippen molar-refractivity contribution in [2.24, 2.45) is 0 Å². The number of anilines is 4. The molecular formula is C35H60N10. The fraction of sp³-hybridized carbons (Fsp3) is 0.486. The molecule has 250 valence electrons. The van der Waals surface area contributed by atoms with Crippen LogP contribution in [0.3, 0.4) is 0 Å². The van der Waals surface area contributed by atoms with Crippen molar-refractivity contribution in [1.82, 2.24) is 29.9 Å². The molecular weight excluding hydrogens is 560 g/mol. The molecule has 0 aliphatic rings. The molecule has 0 aliphatic carbocycles. The predicted molar refractivity (Wildman–Crippen MR) is 197 cm³/mol. The molecule has 45 heavy (non-hydrogen) atoms. The van der Waals surface area contributed by atoms with E-state index in [2.05, 4.69) is 66.6 Å². The van der Waals surface area contributed by atoms with Crippen molar-refractivity contribution < 1.29 is 0 Å². The van der Waals surface area contributed by atoms with Crippen LogP contribution < -0.4 is 21.7 Å². The van der Waals surface area contributed by atoms with Crippen LogP contribution in [0.2, 0.25) is 0 Å². The summed E-state index contributed by atoms with van der Waals surface area (Å²) in [5, 5.41) is 9.54. The first-order valence-corrected chi connectivity index (χ1v) is 16.7. The number of aromatic nitrogens is 6. The summed E-state index contributed by atoms with van der Waals surface area (Å²) in [6.45, 7) is 24.8. The van der Waals surface area contributed by atoms with Gasteiger partial charge in [0.25, 0.3) is 0 Å². The van der Waals surface area contributed by atoms with E-state index in [1.165, 1.54) is 0 Å². The fourth-order valence-electron chi connectivity index (χ4n) is 3.15. The van der Waals surface area contributed by atoms with Gasteiger partial charge in [-0.15, -0.1) is 0 Å². The molecule has 0 saturated carbocycles. The Balaban J connectivity index is 0. The molecule has 0 bridgehead atoms. The first-order chi connectivity index (χ1) is 22.1. The van der Waals surface area contributed by atoms with Crippen LogP contribution in [0.15, 0.2) is 60.7 Å². The average molecular weight is 621 g/mol. The highest BCUT2D eigenvalue weighted by atomic mass is 15.2. The highest BCUT2D eigenvalue weighted by molar-refractivity contribution is 5.58. The summed E-state index contributed by atoms with van der Waals surface area (Å²) in [7, 11) is 0. The molecule has 2 heterocycles. The number of rotatable bonds is 11. The molecule has 2 aromatic heterocycles. The summed E-state index contributed by atoms with van der Waals surface area (Å²) in [6, 6.07) is 19.7. The Morgan fingerprint density at radius 1 is 0.444 bits per heavy atom. The van der Waals surface area contributed by atoms with Crippen molar-refractivity contribution >= 4 is 23.8 Å². The van der Waals surface area contributed by atoms with E-state index in [9.17, 15) is 0 Å². The molecule has 0 amide bonds. The van der Waals surface area contributed by atoms with Crippen LogP contribution in [0.25, 0.3) is 22.8 Å². The van der Waals surface area contributed by atoms with Gasteiger partial charge < -0.3 is 21.7 Å². The zero-order valence-corrected chi connectivity index (χ0v) is 29.8. The van der Waals surface area contributed by atoms with E-state index in [0.29, 0.717) is 29.5 Å². The maximum Gasteiger partial charge on any atom is 0.228 e. The maximum atomic E-state index is 5.67. The topological polar surface area (TPSA) is 139 Å². The van der Waals surface area contributed by atoms with Gasteiger partial charge in [0.1, 0.15) is 0 Å². The molecule has 0 aliphatic heterocycles. The third-order valence-electron chi connectivity index (χ3n) is 4.95. The highest BCUT2D eigenvalue weighted by Crippen LogP contribution is 2.18. The second-order valence-corrected chi connectivity index (χ2v) is 8.16. The Morgan fingerprint density at radius 3 is 1.09 bits per heavy atom. The van der Waals surface area contributed by atoms with Crippen LogP contribution in [0, 0.1) is 0 Å². The quantitative estimate of drug-likeness (QED) is 0.128. The van der Waals surface area contributed by atoms with E-state index in [-0.39, 0.29) is 5.95 Å². The lowest BCUT2D eigenvalue weighted by Crippen LogP contribution is -2.11. The van der Waals surface area contributed by atoms with Crippen LogP contribution in [0.1, 0.15) is 95.4 Å². The van der Waals surface area contributed by atoms with Gasteiger partial charge >= 0.3 is 0 Å². The van der Waals surface area contributed by atoms with E-state index in [0.717, 1.165) is 50.0 Å². The van der Waals surface area contributed by atoms with E-state index in [1.54, 1.807) is 0 Å². The molecule has 0 atom stereocenters. The number of hydrogen-bond donors (Lipinski definition) is 4. The summed E-state index contributed by atoms with van der Waals surface area (Å²) >= 11 is 0. The first kappa shape index (κ1) is 42.8. The maximum absolute atomic E-state index is 5.67. The normalized spacial score (nSPS) is 8.96. The summed E-state index contributed by atoms with van der Waals surface area (Å²) in [5.41, 5.74) is 7.59. The zero-order valence-electron chi connectivity index (χ0n) is 29.8. The Hall–Kier alpha value is -4.34. The van der Waals surface area contributed by atoms with Gasteiger partial charge in [-0.25, -0.2) is 0 Å². The number of benzene rings is 2. The van der Waals surface area contributed by atoms with Crippen molar-refractivity contribution in [2.75, 3.05) is 41.3 Å². The fourth-order valence-corrected chi connectivity index (χ4v) is 3.15. The number of nitrogens with one attached hydrogen (secondary N) is 3. The number of hydrogen-bond acceptors (Lipinski definition) is 10. The lowest BCUT2D eigenvalue weighted by Gasteiger charge is -2.09. The minimum Gasteiger partial charge on any atom is -0.368 e. The van der Waals surface area contributed by atoms with Gasteiger partial charge in [-0.3, -0.25) is 0 Å². The van der Waals surface area contributed by atoms with Crippen molar-refractivity contribution in [2.45, 2.75) is 95.4 Å². The second kappa shape index (κ2) is 29.7. The highest BCUT2D eigenvalue weighted by Gasteiger charge is 2.08. The third-order valence-corrected chi connectivity index (χ3v) is 4.95. The summed E-state index contributed by atoms with van der Waals surface area (Å²) < 4.78 is 0. The molecule has 4 rings (SSSR count). The van der Waals surface area contributed by atoms with Crippen molar-refractivity contribution in [1.29, 1.82) is 0 Å². The number of nitrogens with two attached hydrogens (primary N) is 1. The molecule has 0 saturated heterocycles.